The van der Waals surface area contributed by atoms with E-state index in [1.54, 1.807) is 29.1 Å². The van der Waals surface area contributed by atoms with Gasteiger partial charge in [-0.1, -0.05) is 24.3 Å². The van der Waals surface area contributed by atoms with Crippen molar-refractivity contribution in [2.45, 2.75) is 32.4 Å². The quantitative estimate of drug-likeness (QED) is 0.943. The van der Waals surface area contributed by atoms with Crippen LogP contribution in [-0.2, 0) is 11.2 Å². The first kappa shape index (κ1) is 15.3. The van der Waals surface area contributed by atoms with Crippen molar-refractivity contribution in [1.82, 2.24) is 14.7 Å². The van der Waals surface area contributed by atoms with Gasteiger partial charge in [0.15, 0.2) is 6.04 Å². The number of fused-ring (bicyclic) bond motifs is 1. The molecule has 6 nitrogen and oxygen atoms in total. The van der Waals surface area contributed by atoms with E-state index in [4.69, 9.17) is 0 Å². The highest BCUT2D eigenvalue weighted by Gasteiger charge is 2.37. The maximum Gasteiger partial charge on any atom is 0.331 e. The van der Waals surface area contributed by atoms with Crippen molar-refractivity contribution in [3.8, 4) is 0 Å². The summed E-state index contributed by atoms with van der Waals surface area (Å²) in [5.74, 6) is -1.31. The predicted molar refractivity (Wildman–Crippen MR) is 84.2 cm³/mol. The minimum absolute atomic E-state index is 0.0318. The van der Waals surface area contributed by atoms with Crippen molar-refractivity contribution < 1.29 is 14.7 Å². The van der Waals surface area contributed by atoms with Gasteiger partial charge in [0.05, 0.1) is 0 Å². The first-order valence-corrected chi connectivity index (χ1v) is 7.65. The van der Waals surface area contributed by atoms with Gasteiger partial charge in [0.25, 0.3) is 5.91 Å². The zero-order chi connectivity index (χ0) is 16.6. The van der Waals surface area contributed by atoms with E-state index in [9.17, 15) is 14.7 Å². The third kappa shape index (κ3) is 2.60. The van der Waals surface area contributed by atoms with Crippen LogP contribution in [0.4, 0.5) is 0 Å². The van der Waals surface area contributed by atoms with Crippen LogP contribution < -0.4 is 0 Å². The number of benzene rings is 1. The van der Waals surface area contributed by atoms with Gasteiger partial charge in [0, 0.05) is 18.8 Å². The lowest BCUT2D eigenvalue weighted by Crippen LogP contribution is -2.44. The molecule has 1 N–H and O–H groups in total. The molecule has 6 heteroatoms. The minimum atomic E-state index is -1.01. The van der Waals surface area contributed by atoms with E-state index >= 15 is 0 Å². The zero-order valence-electron chi connectivity index (χ0n) is 13.1. The number of rotatable bonds is 3. The smallest absolute Gasteiger partial charge is 0.331 e. The summed E-state index contributed by atoms with van der Waals surface area (Å²) in [6.45, 7) is 4.25. The van der Waals surface area contributed by atoms with E-state index in [0.717, 1.165) is 5.56 Å². The van der Waals surface area contributed by atoms with Gasteiger partial charge in [0.2, 0.25) is 0 Å². The van der Waals surface area contributed by atoms with Gasteiger partial charge in [-0.05, 0) is 37.5 Å². The van der Waals surface area contributed by atoms with E-state index in [0.29, 0.717) is 24.2 Å². The van der Waals surface area contributed by atoms with Crippen molar-refractivity contribution in [3.63, 3.8) is 0 Å². The highest BCUT2D eigenvalue weighted by molar-refractivity contribution is 5.96. The number of carbonyl (C=O) groups excluding carboxylic acids is 1. The molecule has 0 radical (unpaired) electrons. The Labute approximate surface area is 134 Å². The molecule has 1 amide bonds. The lowest BCUT2D eigenvalue weighted by atomic mass is 9.92. The number of aromatic nitrogens is 2. The molecule has 0 saturated carbocycles. The standard InChI is InChI=1S/C17H19N3O3/c1-11(2)20-14(7-9-18-20)16(21)19-10-8-12-5-3-4-6-13(12)15(19)17(22)23/h3-7,9,11,15H,8,10H2,1-2H3,(H,22,23). The third-order valence-corrected chi connectivity index (χ3v) is 4.16. The SMILES string of the molecule is CC(C)n1nccc1C(=O)N1CCc2ccccc2C1C(=O)O. The Morgan fingerprint density at radius 3 is 2.70 bits per heavy atom. The van der Waals surface area contributed by atoms with Crippen LogP contribution in [0.2, 0.25) is 0 Å². The first-order chi connectivity index (χ1) is 11.0. The van der Waals surface area contributed by atoms with Gasteiger partial charge in [0.1, 0.15) is 5.69 Å². The Bertz CT molecular complexity index is 751. The van der Waals surface area contributed by atoms with Crippen molar-refractivity contribution >= 4 is 11.9 Å². The van der Waals surface area contributed by atoms with Gasteiger partial charge in [-0.15, -0.1) is 0 Å². The van der Waals surface area contributed by atoms with Crippen LogP contribution in [0.3, 0.4) is 0 Å². The maximum absolute atomic E-state index is 12.9. The number of amides is 1. The lowest BCUT2D eigenvalue weighted by molar-refractivity contribution is -0.143. The number of carboxylic acids is 1. The molecule has 23 heavy (non-hydrogen) atoms. The molecule has 120 valence electrons. The lowest BCUT2D eigenvalue weighted by Gasteiger charge is -2.34. The fourth-order valence-electron chi connectivity index (χ4n) is 3.09. The summed E-state index contributed by atoms with van der Waals surface area (Å²) in [7, 11) is 0. The Kier molecular flexibility index (Phi) is 3.90. The van der Waals surface area contributed by atoms with E-state index in [1.807, 2.05) is 26.0 Å². The summed E-state index contributed by atoms with van der Waals surface area (Å²) >= 11 is 0. The summed E-state index contributed by atoms with van der Waals surface area (Å²) in [4.78, 5) is 26.1. The number of hydrogen-bond acceptors (Lipinski definition) is 3. The van der Waals surface area contributed by atoms with E-state index in [1.165, 1.54) is 4.90 Å². The van der Waals surface area contributed by atoms with Crippen LogP contribution in [0.5, 0.6) is 0 Å². The van der Waals surface area contributed by atoms with E-state index in [-0.39, 0.29) is 11.9 Å². The fourth-order valence-corrected chi connectivity index (χ4v) is 3.09. The molecule has 1 unspecified atom stereocenters. The highest BCUT2D eigenvalue weighted by Crippen LogP contribution is 2.31. The van der Waals surface area contributed by atoms with E-state index < -0.39 is 12.0 Å². The Morgan fingerprint density at radius 2 is 2.00 bits per heavy atom. The van der Waals surface area contributed by atoms with Crippen LogP contribution in [0, 0.1) is 0 Å². The molecule has 3 rings (SSSR count). The topological polar surface area (TPSA) is 75.4 Å². The van der Waals surface area contributed by atoms with Crippen molar-refractivity contribution in [2.75, 3.05) is 6.54 Å². The normalized spacial score (nSPS) is 17.2. The molecular formula is C17H19N3O3. The average Bonchev–Trinajstić information content (AvgIpc) is 3.02. The molecule has 1 atom stereocenters. The molecule has 2 heterocycles. The van der Waals surface area contributed by atoms with E-state index in [2.05, 4.69) is 5.10 Å². The summed E-state index contributed by atoms with van der Waals surface area (Å²) in [6.07, 6.45) is 2.22. The summed E-state index contributed by atoms with van der Waals surface area (Å²) in [5, 5.41) is 13.8. The summed E-state index contributed by atoms with van der Waals surface area (Å²) in [5.41, 5.74) is 2.10. The summed E-state index contributed by atoms with van der Waals surface area (Å²) < 4.78 is 1.63. The number of carbonyl (C=O) groups is 2. The minimum Gasteiger partial charge on any atom is -0.479 e. The second kappa shape index (κ2) is 5.87. The molecular weight excluding hydrogens is 294 g/mol. The molecule has 0 bridgehead atoms. The Morgan fingerprint density at radius 1 is 1.26 bits per heavy atom. The monoisotopic (exact) mass is 313 g/mol. The second-order valence-corrected chi connectivity index (χ2v) is 5.94. The first-order valence-electron chi connectivity index (χ1n) is 7.65. The Balaban J connectivity index is 2.01. The number of aliphatic carboxylic acids is 1. The van der Waals surface area contributed by atoms with Crippen LogP contribution in [0.1, 0.15) is 47.5 Å². The number of nitrogens with zero attached hydrogens (tertiary/aromatic N) is 3. The fraction of sp³-hybridized carbons (Fsp3) is 0.353. The molecule has 1 aromatic carbocycles. The largest absolute Gasteiger partial charge is 0.479 e. The highest BCUT2D eigenvalue weighted by atomic mass is 16.4. The molecule has 0 spiro atoms. The van der Waals surface area contributed by atoms with Gasteiger partial charge < -0.3 is 10.0 Å². The predicted octanol–water partition coefficient (Wildman–Crippen LogP) is 2.29. The molecule has 0 saturated heterocycles. The van der Waals surface area contributed by atoms with Gasteiger partial charge in [-0.2, -0.15) is 5.10 Å². The summed E-state index contributed by atoms with van der Waals surface area (Å²) in [6, 6.07) is 8.12. The second-order valence-electron chi connectivity index (χ2n) is 5.94. The van der Waals surface area contributed by atoms with Crippen LogP contribution in [0.25, 0.3) is 0 Å². The van der Waals surface area contributed by atoms with Gasteiger partial charge >= 0.3 is 5.97 Å². The third-order valence-electron chi connectivity index (χ3n) is 4.16. The van der Waals surface area contributed by atoms with Crippen molar-refractivity contribution in [2.24, 2.45) is 0 Å². The van der Waals surface area contributed by atoms with Crippen LogP contribution in [0.15, 0.2) is 36.5 Å². The average molecular weight is 313 g/mol. The van der Waals surface area contributed by atoms with Crippen LogP contribution >= 0.6 is 0 Å². The van der Waals surface area contributed by atoms with Gasteiger partial charge in [-0.3, -0.25) is 9.48 Å². The maximum atomic E-state index is 12.9. The molecule has 2 aromatic rings. The Hall–Kier alpha value is -2.63. The van der Waals surface area contributed by atoms with Gasteiger partial charge in [-0.25, -0.2) is 4.79 Å². The number of hydrogen-bond donors (Lipinski definition) is 1. The molecule has 0 aliphatic carbocycles. The van der Waals surface area contributed by atoms with Crippen molar-refractivity contribution in [1.29, 1.82) is 0 Å². The molecule has 0 fully saturated rings. The molecule has 1 aliphatic rings. The zero-order valence-corrected chi connectivity index (χ0v) is 13.1. The van der Waals surface area contributed by atoms with Crippen molar-refractivity contribution in [3.05, 3.63) is 53.3 Å². The number of carboxylic acid groups (broad SMARTS) is 1. The molecule has 1 aromatic heterocycles. The molecule has 1 aliphatic heterocycles. The van der Waals surface area contributed by atoms with Crippen LogP contribution in [-0.4, -0.2) is 38.2 Å².